The maximum absolute atomic E-state index is 2.48. The van der Waals surface area contributed by atoms with E-state index in [1.807, 2.05) is 0 Å². The predicted molar refractivity (Wildman–Crippen MR) is 99.6 cm³/mol. The Morgan fingerprint density at radius 1 is 0.700 bits per heavy atom. The topological polar surface area (TPSA) is 0 Å². The molecule has 0 N–H and O–H groups in total. The van der Waals surface area contributed by atoms with Gasteiger partial charge in [-0.05, 0) is 23.0 Å². The molecule has 2 atom stereocenters. The van der Waals surface area contributed by atoms with Crippen molar-refractivity contribution in [2.45, 2.75) is 77.1 Å². The summed E-state index contributed by atoms with van der Waals surface area (Å²) in [5.41, 5.74) is 3.22. The first-order chi connectivity index (χ1) is 8.99. The van der Waals surface area contributed by atoms with Crippen molar-refractivity contribution in [2.24, 2.45) is 0 Å². The molecule has 0 spiro atoms. The van der Waals surface area contributed by atoms with E-state index in [1.165, 1.54) is 12.1 Å². The quantitative estimate of drug-likeness (QED) is 0.521. The minimum absolute atomic E-state index is 0.710. The fourth-order valence-electron chi connectivity index (χ4n) is 3.47. The fraction of sp³-hybridized carbons (Fsp3) is 0.667. The maximum Gasteiger partial charge on any atom is 0.0448 e. The maximum atomic E-state index is 2.48. The van der Waals surface area contributed by atoms with E-state index in [0.29, 0.717) is 11.8 Å². The summed E-state index contributed by atoms with van der Waals surface area (Å²) in [6.07, 6.45) is 0. The van der Waals surface area contributed by atoms with E-state index in [4.69, 9.17) is 0 Å². The second-order valence-corrected chi connectivity index (χ2v) is 20.0. The second kappa shape index (κ2) is 6.61. The summed E-state index contributed by atoms with van der Waals surface area (Å²) in [5.74, 6) is 1.42. The van der Waals surface area contributed by atoms with Crippen molar-refractivity contribution in [1.29, 1.82) is 0 Å². The highest BCUT2D eigenvalue weighted by Crippen LogP contribution is 2.35. The molecule has 0 aromatic heterocycles. The van der Waals surface area contributed by atoms with Crippen LogP contribution in [0.15, 0.2) is 24.3 Å². The molecule has 0 bridgehead atoms. The molecule has 0 aliphatic carbocycles. The van der Waals surface area contributed by atoms with Gasteiger partial charge in [0.2, 0.25) is 0 Å². The summed E-state index contributed by atoms with van der Waals surface area (Å²) < 4.78 is 0. The van der Waals surface area contributed by atoms with Crippen LogP contribution in [0.25, 0.3) is 0 Å². The van der Waals surface area contributed by atoms with Gasteiger partial charge in [0.1, 0.15) is 0 Å². The van der Waals surface area contributed by atoms with Crippen LogP contribution in [0.2, 0.25) is 51.4 Å². The van der Waals surface area contributed by atoms with Crippen LogP contribution in [-0.2, 0) is 0 Å². The molecule has 114 valence electrons. The summed E-state index contributed by atoms with van der Waals surface area (Å²) in [6.45, 7) is 19.8. The summed E-state index contributed by atoms with van der Waals surface area (Å²) in [6, 6.07) is 12.0. The number of hydrogen-bond acceptors (Lipinski definition) is 0. The van der Waals surface area contributed by atoms with Crippen molar-refractivity contribution in [3.05, 3.63) is 35.4 Å². The molecule has 1 aromatic carbocycles. The van der Waals surface area contributed by atoms with E-state index in [-0.39, 0.29) is 0 Å². The van der Waals surface area contributed by atoms with Crippen LogP contribution in [0.1, 0.15) is 36.8 Å². The van der Waals surface area contributed by atoms with Crippen molar-refractivity contribution < 1.29 is 0 Å². The van der Waals surface area contributed by atoms with Crippen LogP contribution in [0, 0.1) is 0 Å². The average molecular weight is 307 g/mol. The highest BCUT2D eigenvalue weighted by atomic mass is 28.3. The SMILES string of the molecule is CC(C[Si](C)(C)C)c1ccccc1C(C)C[Si](C)(C)C. The Kier molecular flexibility index (Phi) is 5.85. The first-order valence-corrected chi connectivity index (χ1v) is 15.5. The third-order valence-corrected chi connectivity index (χ3v) is 7.57. The van der Waals surface area contributed by atoms with Gasteiger partial charge in [0.25, 0.3) is 0 Å². The molecule has 1 rings (SSSR count). The van der Waals surface area contributed by atoms with Crippen LogP contribution in [0.4, 0.5) is 0 Å². The van der Waals surface area contributed by atoms with E-state index in [1.54, 1.807) is 11.1 Å². The van der Waals surface area contributed by atoms with Crippen molar-refractivity contribution in [3.63, 3.8) is 0 Å². The summed E-state index contributed by atoms with van der Waals surface area (Å²) >= 11 is 0. The molecule has 0 saturated heterocycles. The molecular formula is C18H34Si2. The lowest BCUT2D eigenvalue weighted by atomic mass is 9.90. The number of hydrogen-bond donors (Lipinski definition) is 0. The highest BCUT2D eigenvalue weighted by molar-refractivity contribution is 6.76. The fourth-order valence-corrected chi connectivity index (χ4v) is 7.58. The molecule has 1 aromatic rings. The lowest BCUT2D eigenvalue weighted by Crippen LogP contribution is -2.24. The Morgan fingerprint density at radius 2 is 1.00 bits per heavy atom. The first-order valence-electron chi connectivity index (χ1n) is 8.08. The van der Waals surface area contributed by atoms with E-state index >= 15 is 0 Å². The minimum atomic E-state index is -0.999. The van der Waals surface area contributed by atoms with E-state index < -0.39 is 16.1 Å². The van der Waals surface area contributed by atoms with Crippen molar-refractivity contribution >= 4 is 16.1 Å². The van der Waals surface area contributed by atoms with Gasteiger partial charge in [-0.15, -0.1) is 0 Å². The molecule has 0 amide bonds. The first kappa shape index (κ1) is 17.7. The Morgan fingerprint density at radius 3 is 1.25 bits per heavy atom. The zero-order valence-electron chi connectivity index (χ0n) is 14.9. The summed E-state index contributed by atoms with van der Waals surface area (Å²) in [5, 5.41) is 0. The molecule has 0 radical (unpaired) electrons. The van der Waals surface area contributed by atoms with Crippen molar-refractivity contribution in [2.75, 3.05) is 0 Å². The number of rotatable bonds is 6. The lowest BCUT2D eigenvalue weighted by Gasteiger charge is -2.28. The Labute approximate surface area is 129 Å². The molecule has 20 heavy (non-hydrogen) atoms. The molecule has 0 saturated carbocycles. The van der Waals surface area contributed by atoms with Gasteiger partial charge in [-0.2, -0.15) is 0 Å². The molecule has 0 aliphatic rings. The van der Waals surface area contributed by atoms with Gasteiger partial charge in [0.15, 0.2) is 0 Å². The molecule has 0 heterocycles. The summed E-state index contributed by atoms with van der Waals surface area (Å²) in [7, 11) is -2.00. The van der Waals surface area contributed by atoms with Gasteiger partial charge >= 0.3 is 0 Å². The van der Waals surface area contributed by atoms with Crippen LogP contribution < -0.4 is 0 Å². The molecule has 0 nitrogen and oxygen atoms in total. The normalized spacial score (nSPS) is 16.0. The Balaban J connectivity index is 2.98. The monoisotopic (exact) mass is 306 g/mol. The van der Waals surface area contributed by atoms with Crippen LogP contribution in [-0.4, -0.2) is 16.1 Å². The van der Waals surface area contributed by atoms with E-state index in [0.717, 1.165) is 0 Å². The van der Waals surface area contributed by atoms with Gasteiger partial charge in [-0.25, -0.2) is 0 Å². The van der Waals surface area contributed by atoms with E-state index in [2.05, 4.69) is 77.4 Å². The van der Waals surface area contributed by atoms with Crippen molar-refractivity contribution in [1.82, 2.24) is 0 Å². The molecular weight excluding hydrogens is 272 g/mol. The van der Waals surface area contributed by atoms with Crippen LogP contribution in [0.5, 0.6) is 0 Å². The standard InChI is InChI=1S/C18H34Si2/c1-15(13-19(3,4)5)17-11-9-10-12-18(17)16(2)14-20(6,7)8/h9-12,15-16H,13-14H2,1-8H3. The summed E-state index contributed by atoms with van der Waals surface area (Å²) in [4.78, 5) is 0. The zero-order valence-corrected chi connectivity index (χ0v) is 16.9. The van der Waals surface area contributed by atoms with Gasteiger partial charge < -0.3 is 0 Å². The Hall–Kier alpha value is -0.346. The zero-order chi connectivity index (χ0) is 15.6. The lowest BCUT2D eigenvalue weighted by molar-refractivity contribution is 0.773. The average Bonchev–Trinajstić information content (AvgIpc) is 2.24. The van der Waals surface area contributed by atoms with Gasteiger partial charge in [-0.1, -0.05) is 89.5 Å². The third-order valence-electron chi connectivity index (χ3n) is 3.89. The molecule has 0 aliphatic heterocycles. The highest BCUT2D eigenvalue weighted by Gasteiger charge is 2.24. The number of benzene rings is 1. The van der Waals surface area contributed by atoms with Gasteiger partial charge in [0, 0.05) is 16.1 Å². The van der Waals surface area contributed by atoms with E-state index in [9.17, 15) is 0 Å². The predicted octanol–water partition coefficient (Wildman–Crippen LogP) is 6.57. The largest absolute Gasteiger partial charge is 0.0695 e. The van der Waals surface area contributed by atoms with Gasteiger partial charge in [0.05, 0.1) is 0 Å². The van der Waals surface area contributed by atoms with Crippen LogP contribution >= 0.6 is 0 Å². The second-order valence-electron chi connectivity index (χ2n) is 8.96. The molecule has 0 fully saturated rings. The minimum Gasteiger partial charge on any atom is -0.0695 e. The van der Waals surface area contributed by atoms with Gasteiger partial charge in [-0.3, -0.25) is 0 Å². The molecule has 2 heteroatoms. The third kappa shape index (κ3) is 5.96. The van der Waals surface area contributed by atoms with Crippen LogP contribution in [0.3, 0.4) is 0 Å². The van der Waals surface area contributed by atoms with Crippen molar-refractivity contribution in [3.8, 4) is 0 Å². The molecule has 2 unspecified atom stereocenters. The Bertz CT molecular complexity index is 383. The smallest absolute Gasteiger partial charge is 0.0448 e.